The largest absolute Gasteiger partial charge is 0.305 e. The highest BCUT2D eigenvalue weighted by Gasteiger charge is 2.06. The zero-order chi connectivity index (χ0) is 12.3. The highest BCUT2D eigenvalue weighted by molar-refractivity contribution is 7.10. The normalized spacial score (nSPS) is 12.6. The maximum absolute atomic E-state index is 3.58. The van der Waals surface area contributed by atoms with E-state index in [9.17, 15) is 0 Å². The van der Waals surface area contributed by atoms with Gasteiger partial charge in [-0.15, -0.1) is 11.3 Å². The molecule has 2 heteroatoms. The predicted molar refractivity (Wildman–Crippen MR) is 75.5 cm³/mol. The van der Waals surface area contributed by atoms with Gasteiger partial charge >= 0.3 is 0 Å². The fourth-order valence-electron chi connectivity index (χ4n) is 1.90. The molecule has 1 aromatic heterocycles. The quantitative estimate of drug-likeness (QED) is 0.850. The van der Waals surface area contributed by atoms with Crippen LogP contribution in [0.3, 0.4) is 0 Å². The SMILES string of the molecule is Cc1cccc(CN[C@@H](C)c2cccs2)c1C. The van der Waals surface area contributed by atoms with E-state index in [0.717, 1.165) is 6.54 Å². The van der Waals surface area contributed by atoms with Crippen molar-refractivity contribution in [3.8, 4) is 0 Å². The first-order valence-electron chi connectivity index (χ1n) is 6.00. The first-order chi connectivity index (χ1) is 8.18. The fourth-order valence-corrected chi connectivity index (χ4v) is 2.66. The number of hydrogen-bond acceptors (Lipinski definition) is 2. The van der Waals surface area contributed by atoms with Crippen molar-refractivity contribution >= 4 is 11.3 Å². The molecule has 0 aliphatic heterocycles. The van der Waals surface area contributed by atoms with E-state index in [-0.39, 0.29) is 0 Å². The van der Waals surface area contributed by atoms with Gasteiger partial charge in [-0.3, -0.25) is 0 Å². The average Bonchev–Trinajstić information content (AvgIpc) is 2.84. The zero-order valence-electron chi connectivity index (χ0n) is 10.7. The highest BCUT2D eigenvalue weighted by Crippen LogP contribution is 2.19. The molecule has 17 heavy (non-hydrogen) atoms. The van der Waals surface area contributed by atoms with Crippen LogP contribution in [0.25, 0.3) is 0 Å². The van der Waals surface area contributed by atoms with Crippen molar-refractivity contribution in [3.05, 3.63) is 57.3 Å². The molecule has 2 aromatic rings. The maximum Gasteiger partial charge on any atom is 0.0388 e. The molecule has 1 heterocycles. The van der Waals surface area contributed by atoms with Crippen molar-refractivity contribution < 1.29 is 0 Å². The van der Waals surface area contributed by atoms with Crippen LogP contribution in [0.5, 0.6) is 0 Å². The summed E-state index contributed by atoms with van der Waals surface area (Å²) in [6, 6.07) is 11.2. The molecule has 1 aromatic carbocycles. The summed E-state index contributed by atoms with van der Waals surface area (Å²) < 4.78 is 0. The van der Waals surface area contributed by atoms with E-state index in [4.69, 9.17) is 0 Å². The van der Waals surface area contributed by atoms with E-state index >= 15 is 0 Å². The molecule has 0 radical (unpaired) electrons. The van der Waals surface area contributed by atoms with Gasteiger partial charge in [0.2, 0.25) is 0 Å². The van der Waals surface area contributed by atoms with Crippen LogP contribution in [-0.2, 0) is 6.54 Å². The molecule has 1 N–H and O–H groups in total. The van der Waals surface area contributed by atoms with Gasteiger partial charge in [0, 0.05) is 17.5 Å². The standard InChI is InChI=1S/C15H19NS/c1-11-6-4-7-14(12(11)2)10-16-13(3)15-8-5-9-17-15/h4-9,13,16H,10H2,1-3H3/t13-/m0/s1. The highest BCUT2D eigenvalue weighted by atomic mass is 32.1. The van der Waals surface area contributed by atoms with Crippen molar-refractivity contribution in [3.63, 3.8) is 0 Å². The zero-order valence-corrected chi connectivity index (χ0v) is 11.5. The Labute approximate surface area is 108 Å². The lowest BCUT2D eigenvalue weighted by Gasteiger charge is -2.14. The van der Waals surface area contributed by atoms with Gasteiger partial charge in [0.25, 0.3) is 0 Å². The Bertz CT molecular complexity index is 474. The average molecular weight is 245 g/mol. The Hall–Kier alpha value is -1.12. The van der Waals surface area contributed by atoms with E-state index in [1.807, 2.05) is 11.3 Å². The van der Waals surface area contributed by atoms with Gasteiger partial charge in [0.05, 0.1) is 0 Å². The van der Waals surface area contributed by atoms with E-state index in [0.29, 0.717) is 6.04 Å². The Morgan fingerprint density at radius 2 is 2.00 bits per heavy atom. The lowest BCUT2D eigenvalue weighted by Crippen LogP contribution is -2.17. The van der Waals surface area contributed by atoms with Gasteiger partial charge in [-0.25, -0.2) is 0 Å². The number of hydrogen-bond donors (Lipinski definition) is 1. The Morgan fingerprint density at radius 3 is 2.71 bits per heavy atom. The summed E-state index contributed by atoms with van der Waals surface area (Å²) in [4.78, 5) is 1.40. The topological polar surface area (TPSA) is 12.0 Å². The van der Waals surface area contributed by atoms with Crippen LogP contribution in [0.4, 0.5) is 0 Å². The van der Waals surface area contributed by atoms with Crippen LogP contribution in [0.15, 0.2) is 35.7 Å². The van der Waals surface area contributed by atoms with Gasteiger partial charge in [-0.05, 0) is 48.9 Å². The Balaban J connectivity index is 2.00. The van der Waals surface area contributed by atoms with Gasteiger partial charge in [0.15, 0.2) is 0 Å². The number of thiophene rings is 1. The van der Waals surface area contributed by atoms with Gasteiger partial charge < -0.3 is 5.32 Å². The van der Waals surface area contributed by atoms with Crippen molar-refractivity contribution in [2.24, 2.45) is 0 Å². The second kappa shape index (κ2) is 5.48. The fraction of sp³-hybridized carbons (Fsp3) is 0.333. The second-order valence-corrected chi connectivity index (χ2v) is 5.46. The summed E-state index contributed by atoms with van der Waals surface area (Å²) in [5.74, 6) is 0. The van der Waals surface area contributed by atoms with Crippen LogP contribution in [0.2, 0.25) is 0 Å². The third kappa shape index (κ3) is 2.96. The van der Waals surface area contributed by atoms with Crippen molar-refractivity contribution in [2.75, 3.05) is 0 Å². The summed E-state index contributed by atoms with van der Waals surface area (Å²) in [5.41, 5.74) is 4.17. The molecule has 1 nitrogen and oxygen atoms in total. The third-order valence-electron chi connectivity index (χ3n) is 3.29. The lowest BCUT2D eigenvalue weighted by atomic mass is 10.0. The maximum atomic E-state index is 3.58. The molecule has 0 amide bonds. The summed E-state index contributed by atoms with van der Waals surface area (Å²) in [7, 11) is 0. The molecule has 1 atom stereocenters. The van der Waals surface area contributed by atoms with Crippen LogP contribution >= 0.6 is 11.3 Å². The van der Waals surface area contributed by atoms with Crippen LogP contribution in [0, 0.1) is 13.8 Å². The molecule has 0 spiro atoms. The Kier molecular flexibility index (Phi) is 3.97. The monoisotopic (exact) mass is 245 g/mol. The summed E-state index contributed by atoms with van der Waals surface area (Å²) in [5, 5.41) is 5.71. The molecule has 90 valence electrons. The van der Waals surface area contributed by atoms with Crippen molar-refractivity contribution in [1.29, 1.82) is 0 Å². The molecule has 0 unspecified atom stereocenters. The molecule has 0 saturated heterocycles. The summed E-state index contributed by atoms with van der Waals surface area (Å²) >= 11 is 1.81. The number of nitrogens with one attached hydrogen (secondary N) is 1. The third-order valence-corrected chi connectivity index (χ3v) is 4.34. The molecule has 0 aliphatic carbocycles. The van der Waals surface area contributed by atoms with Crippen LogP contribution in [-0.4, -0.2) is 0 Å². The van der Waals surface area contributed by atoms with E-state index < -0.39 is 0 Å². The van der Waals surface area contributed by atoms with Crippen LogP contribution in [0.1, 0.15) is 34.5 Å². The van der Waals surface area contributed by atoms with Gasteiger partial charge in [0.1, 0.15) is 0 Å². The Morgan fingerprint density at radius 1 is 1.18 bits per heavy atom. The molecule has 0 fully saturated rings. The van der Waals surface area contributed by atoms with Crippen molar-refractivity contribution in [1.82, 2.24) is 5.32 Å². The number of benzene rings is 1. The smallest absolute Gasteiger partial charge is 0.0388 e. The minimum absolute atomic E-state index is 0.426. The predicted octanol–water partition coefficient (Wildman–Crippen LogP) is 4.22. The number of rotatable bonds is 4. The van der Waals surface area contributed by atoms with E-state index in [1.54, 1.807) is 0 Å². The molecule has 0 aliphatic rings. The molecular formula is C15H19NS. The van der Waals surface area contributed by atoms with Crippen molar-refractivity contribution in [2.45, 2.75) is 33.4 Å². The minimum Gasteiger partial charge on any atom is -0.305 e. The lowest BCUT2D eigenvalue weighted by molar-refractivity contribution is 0.581. The molecule has 2 rings (SSSR count). The number of aryl methyl sites for hydroxylation is 1. The van der Waals surface area contributed by atoms with E-state index in [2.05, 4.69) is 61.8 Å². The van der Waals surface area contributed by atoms with Crippen LogP contribution < -0.4 is 5.32 Å². The van der Waals surface area contributed by atoms with Gasteiger partial charge in [-0.2, -0.15) is 0 Å². The first kappa shape index (κ1) is 12.3. The second-order valence-electron chi connectivity index (χ2n) is 4.48. The minimum atomic E-state index is 0.426. The molecule has 0 saturated carbocycles. The van der Waals surface area contributed by atoms with E-state index in [1.165, 1.54) is 21.6 Å². The first-order valence-corrected chi connectivity index (χ1v) is 6.88. The molecule has 0 bridgehead atoms. The summed E-state index contributed by atoms with van der Waals surface area (Å²) in [6.45, 7) is 7.52. The molecular weight excluding hydrogens is 226 g/mol. The summed E-state index contributed by atoms with van der Waals surface area (Å²) in [6.07, 6.45) is 0. The van der Waals surface area contributed by atoms with Gasteiger partial charge in [-0.1, -0.05) is 24.3 Å².